The van der Waals surface area contributed by atoms with Crippen LogP contribution >= 0.6 is 0 Å². The molecule has 7 nitrogen and oxygen atoms in total. The smallest absolute Gasteiger partial charge is 0.344 e. The summed E-state index contributed by atoms with van der Waals surface area (Å²) in [6.45, 7) is 4.51. The van der Waals surface area contributed by atoms with E-state index in [1.54, 1.807) is 44.4 Å². The van der Waals surface area contributed by atoms with E-state index in [1.807, 2.05) is 0 Å². The van der Waals surface area contributed by atoms with E-state index in [0.717, 1.165) is 0 Å². The molecule has 0 saturated heterocycles. The van der Waals surface area contributed by atoms with Crippen molar-refractivity contribution in [3.05, 3.63) is 29.8 Å². The highest BCUT2D eigenvalue weighted by Gasteiger charge is 2.50. The van der Waals surface area contributed by atoms with Crippen LogP contribution in [-0.4, -0.2) is 47.1 Å². The summed E-state index contributed by atoms with van der Waals surface area (Å²) < 4.78 is 21.5. The first-order chi connectivity index (χ1) is 11.8. The van der Waals surface area contributed by atoms with Crippen LogP contribution in [0.25, 0.3) is 0 Å². The minimum Gasteiger partial charge on any atom is -0.464 e. The lowest BCUT2D eigenvalue weighted by atomic mass is 9.90. The monoisotopic (exact) mass is 369 g/mol. The van der Waals surface area contributed by atoms with Gasteiger partial charge >= 0.3 is 11.9 Å². The van der Waals surface area contributed by atoms with Gasteiger partial charge in [0, 0.05) is 35.3 Å². The summed E-state index contributed by atoms with van der Waals surface area (Å²) in [5.41, 5.74) is -1.38. The summed E-state index contributed by atoms with van der Waals surface area (Å²) in [7, 11) is -1.15. The molecule has 0 bridgehead atoms. The van der Waals surface area contributed by atoms with Crippen molar-refractivity contribution in [2.75, 3.05) is 19.5 Å². The minimum absolute atomic E-state index is 0.0489. The maximum atomic E-state index is 12.5. The number of hydrogen-bond donors (Lipinski definition) is 1. The van der Waals surface area contributed by atoms with Gasteiger partial charge < -0.3 is 14.8 Å². The Morgan fingerprint density at radius 2 is 1.52 bits per heavy atom. The standard InChI is InChI=1S/C17H23NO6S/c1-5-23-15(20)17(18-12(3)19,16(21)24-6-2)11-13-7-9-14(10-8-13)25(4)22/h7-10H,5-6,11H2,1-4H3,(H,18,19). The zero-order valence-electron chi connectivity index (χ0n) is 14.8. The fraction of sp³-hybridized carbons (Fsp3) is 0.471. The number of rotatable bonds is 8. The molecule has 0 aromatic heterocycles. The molecule has 0 spiro atoms. The molecule has 0 aliphatic rings. The number of benzene rings is 1. The molecule has 1 N–H and O–H groups in total. The molecule has 1 unspecified atom stereocenters. The van der Waals surface area contributed by atoms with Crippen LogP contribution in [0.3, 0.4) is 0 Å². The number of carbonyl (C=O) groups is 3. The van der Waals surface area contributed by atoms with Gasteiger partial charge in [-0.2, -0.15) is 0 Å². The van der Waals surface area contributed by atoms with Gasteiger partial charge in [0.15, 0.2) is 0 Å². The molecule has 0 aliphatic carbocycles. The van der Waals surface area contributed by atoms with Crippen LogP contribution in [0.5, 0.6) is 0 Å². The Balaban J connectivity index is 3.30. The molecule has 8 heteroatoms. The van der Waals surface area contributed by atoms with Crippen LogP contribution in [0, 0.1) is 0 Å². The van der Waals surface area contributed by atoms with Crippen molar-refractivity contribution in [2.24, 2.45) is 0 Å². The van der Waals surface area contributed by atoms with Crippen molar-refractivity contribution in [3.63, 3.8) is 0 Å². The molecule has 1 aromatic carbocycles. The molecule has 1 atom stereocenters. The molecule has 1 aromatic rings. The van der Waals surface area contributed by atoms with Crippen molar-refractivity contribution in [3.8, 4) is 0 Å². The van der Waals surface area contributed by atoms with Crippen molar-refractivity contribution < 1.29 is 28.1 Å². The average molecular weight is 369 g/mol. The van der Waals surface area contributed by atoms with Gasteiger partial charge in [-0.3, -0.25) is 9.00 Å². The second-order valence-corrected chi connectivity index (χ2v) is 6.68. The molecule has 1 amide bonds. The number of nitrogens with one attached hydrogen (secondary N) is 1. The zero-order valence-corrected chi connectivity index (χ0v) is 15.6. The Labute approximate surface area is 149 Å². The molecular formula is C17H23NO6S. The van der Waals surface area contributed by atoms with Gasteiger partial charge in [0.2, 0.25) is 11.4 Å². The maximum Gasteiger partial charge on any atom is 0.344 e. The topological polar surface area (TPSA) is 98.8 Å². The quantitative estimate of drug-likeness (QED) is 0.541. The van der Waals surface area contributed by atoms with E-state index in [2.05, 4.69) is 5.32 Å². The number of ether oxygens (including phenoxy) is 2. The lowest BCUT2D eigenvalue weighted by Crippen LogP contribution is -2.62. The first-order valence-corrected chi connectivity index (χ1v) is 9.38. The minimum atomic E-state index is -1.97. The van der Waals surface area contributed by atoms with Crippen LogP contribution in [0.15, 0.2) is 29.2 Å². The van der Waals surface area contributed by atoms with E-state index >= 15 is 0 Å². The van der Waals surface area contributed by atoms with Gasteiger partial charge in [-0.25, -0.2) is 9.59 Å². The lowest BCUT2D eigenvalue weighted by Gasteiger charge is -2.29. The number of hydrogen-bond acceptors (Lipinski definition) is 6. The summed E-state index contributed by atoms with van der Waals surface area (Å²) in [5.74, 6) is -2.33. The van der Waals surface area contributed by atoms with Gasteiger partial charge in [0.1, 0.15) is 0 Å². The van der Waals surface area contributed by atoms with E-state index in [-0.39, 0.29) is 19.6 Å². The molecule has 0 fully saturated rings. The Kier molecular flexibility index (Phi) is 7.76. The zero-order chi connectivity index (χ0) is 19.0. The molecule has 138 valence electrons. The third-order valence-electron chi connectivity index (χ3n) is 3.36. The fourth-order valence-corrected chi connectivity index (χ4v) is 2.81. The third kappa shape index (κ3) is 5.38. The average Bonchev–Trinajstić information content (AvgIpc) is 2.54. The van der Waals surface area contributed by atoms with E-state index in [0.29, 0.717) is 10.5 Å². The molecule has 25 heavy (non-hydrogen) atoms. The molecule has 0 aliphatic heterocycles. The van der Waals surface area contributed by atoms with Crippen LogP contribution in [0.1, 0.15) is 26.3 Å². The summed E-state index contributed by atoms with van der Waals surface area (Å²) in [6.07, 6.45) is 1.41. The largest absolute Gasteiger partial charge is 0.464 e. The first-order valence-electron chi connectivity index (χ1n) is 7.82. The molecule has 0 radical (unpaired) electrons. The van der Waals surface area contributed by atoms with Crippen molar-refractivity contribution in [2.45, 2.75) is 37.6 Å². The summed E-state index contributed by atoms with van der Waals surface area (Å²) in [6, 6.07) is 6.57. The Bertz CT molecular complexity index is 638. The van der Waals surface area contributed by atoms with Crippen LogP contribution < -0.4 is 5.32 Å². The second kappa shape index (κ2) is 9.31. The summed E-state index contributed by atoms with van der Waals surface area (Å²) in [5, 5.41) is 2.40. The predicted octanol–water partition coefficient (Wildman–Crippen LogP) is 0.968. The molecule has 0 heterocycles. The fourth-order valence-electron chi connectivity index (χ4n) is 2.29. The van der Waals surface area contributed by atoms with Crippen LogP contribution in [0.4, 0.5) is 0 Å². The summed E-state index contributed by atoms with van der Waals surface area (Å²) >= 11 is 0. The predicted molar refractivity (Wildman–Crippen MR) is 92.3 cm³/mol. The Hall–Kier alpha value is -2.22. The highest BCUT2D eigenvalue weighted by Crippen LogP contribution is 2.20. The maximum absolute atomic E-state index is 12.5. The first kappa shape index (κ1) is 20.8. The van der Waals surface area contributed by atoms with Crippen molar-refractivity contribution in [1.29, 1.82) is 0 Å². The molecular weight excluding hydrogens is 346 g/mol. The van der Waals surface area contributed by atoms with Gasteiger partial charge in [0.05, 0.1) is 13.2 Å². The van der Waals surface area contributed by atoms with Gasteiger partial charge in [-0.1, -0.05) is 12.1 Å². The molecule has 0 saturated carbocycles. The second-order valence-electron chi connectivity index (χ2n) is 5.30. The Morgan fingerprint density at radius 3 is 1.88 bits per heavy atom. The van der Waals surface area contributed by atoms with E-state index in [4.69, 9.17) is 9.47 Å². The number of esters is 2. The summed E-state index contributed by atoms with van der Waals surface area (Å²) in [4.78, 5) is 37.3. The SMILES string of the molecule is CCOC(=O)C(Cc1ccc(S(C)=O)cc1)(NC(C)=O)C(=O)OCC. The van der Waals surface area contributed by atoms with E-state index < -0.39 is 34.2 Å². The van der Waals surface area contributed by atoms with Gasteiger partial charge in [-0.15, -0.1) is 0 Å². The Morgan fingerprint density at radius 1 is 1.04 bits per heavy atom. The van der Waals surface area contributed by atoms with Gasteiger partial charge in [0.25, 0.3) is 0 Å². The van der Waals surface area contributed by atoms with E-state index in [1.165, 1.54) is 6.92 Å². The van der Waals surface area contributed by atoms with E-state index in [9.17, 15) is 18.6 Å². The molecule has 1 rings (SSSR count). The normalized spacial score (nSPS) is 12.2. The van der Waals surface area contributed by atoms with Crippen molar-refractivity contribution in [1.82, 2.24) is 5.32 Å². The van der Waals surface area contributed by atoms with Crippen LogP contribution in [0.2, 0.25) is 0 Å². The van der Waals surface area contributed by atoms with Crippen LogP contribution in [-0.2, 0) is 41.1 Å². The number of amides is 1. The highest BCUT2D eigenvalue weighted by molar-refractivity contribution is 7.84. The van der Waals surface area contributed by atoms with Gasteiger partial charge in [-0.05, 0) is 31.5 Å². The number of carbonyl (C=O) groups excluding carboxylic acids is 3. The van der Waals surface area contributed by atoms with Crippen molar-refractivity contribution >= 4 is 28.6 Å². The lowest BCUT2D eigenvalue weighted by molar-refractivity contribution is -0.168. The highest BCUT2D eigenvalue weighted by atomic mass is 32.2. The third-order valence-corrected chi connectivity index (χ3v) is 4.30.